The molecule has 9 atom stereocenters. The molecule has 3 saturated carbocycles. The van der Waals surface area contributed by atoms with Gasteiger partial charge in [0.15, 0.2) is 11.5 Å². The van der Waals surface area contributed by atoms with Crippen molar-refractivity contribution in [2.75, 3.05) is 11.9 Å². The molecule has 1 heterocycles. The average Bonchev–Trinajstić information content (AvgIpc) is 2.96. The first kappa shape index (κ1) is 30.2. The number of phenols is 1. The van der Waals surface area contributed by atoms with E-state index in [1.165, 1.54) is 5.57 Å². The van der Waals surface area contributed by atoms with Crippen molar-refractivity contribution in [2.24, 2.45) is 22.7 Å². The van der Waals surface area contributed by atoms with E-state index in [-0.39, 0.29) is 35.7 Å². The molecule has 5 aliphatic rings. The van der Waals surface area contributed by atoms with Gasteiger partial charge in [0, 0.05) is 11.8 Å². The summed E-state index contributed by atoms with van der Waals surface area (Å²) in [4.78, 5) is 38.2. The largest absolute Gasteiger partial charge is 0.505 e. The number of hydrogen-bond donors (Lipinski definition) is 7. The fourth-order valence-corrected chi connectivity index (χ4v) is 7.29. The molecule has 1 aromatic carbocycles. The molecule has 2 bridgehead atoms. The predicted octanol–water partition coefficient (Wildman–Crippen LogP) is 1.50. The number of allylic oxidation sites excluding steroid dienone is 3. The van der Waals surface area contributed by atoms with Crippen molar-refractivity contribution >= 4 is 23.3 Å². The predicted molar refractivity (Wildman–Crippen MR) is 147 cm³/mol. The van der Waals surface area contributed by atoms with Crippen LogP contribution in [0.5, 0.6) is 11.5 Å². The summed E-state index contributed by atoms with van der Waals surface area (Å²) in [5.74, 6) is -2.85. The minimum Gasteiger partial charge on any atom is -0.505 e. The van der Waals surface area contributed by atoms with Crippen molar-refractivity contribution in [3.05, 3.63) is 42.0 Å². The van der Waals surface area contributed by atoms with Gasteiger partial charge in [-0.3, -0.25) is 9.59 Å². The van der Waals surface area contributed by atoms with Crippen LogP contribution >= 0.6 is 0 Å². The molecule has 228 valence electrons. The number of aliphatic hydroxyl groups is 4. The number of carboxylic acid groups (broad SMARTS) is 1. The van der Waals surface area contributed by atoms with Crippen LogP contribution in [-0.4, -0.2) is 85.6 Å². The quantitative estimate of drug-likeness (QED) is 0.171. The number of carbonyl (C=O) groups excluding carboxylic acids is 2. The molecular weight excluding hydrogens is 550 g/mol. The zero-order valence-corrected chi connectivity index (χ0v) is 23.2. The van der Waals surface area contributed by atoms with E-state index in [4.69, 9.17) is 9.47 Å². The summed E-state index contributed by atoms with van der Waals surface area (Å²) in [5, 5.41) is 62.7. The smallest absolute Gasteiger partial charge is 0.339 e. The van der Waals surface area contributed by atoms with Crippen LogP contribution < -0.4 is 10.1 Å². The lowest BCUT2D eigenvalue weighted by Gasteiger charge is -2.59. The third-order valence-electron chi connectivity index (χ3n) is 9.80. The number of rotatable bonds is 8. The summed E-state index contributed by atoms with van der Waals surface area (Å²) in [5.41, 5.74) is -0.706. The molecule has 12 heteroatoms. The maximum Gasteiger partial charge on any atom is 0.339 e. The first-order valence-corrected chi connectivity index (χ1v) is 14.1. The highest BCUT2D eigenvalue weighted by molar-refractivity contribution is 6.00. The topological polar surface area (TPSA) is 203 Å². The fourth-order valence-electron chi connectivity index (χ4n) is 7.29. The van der Waals surface area contributed by atoms with E-state index in [2.05, 4.69) is 11.9 Å². The average molecular weight is 588 g/mol. The van der Waals surface area contributed by atoms with Crippen molar-refractivity contribution in [3.63, 3.8) is 0 Å². The first-order chi connectivity index (χ1) is 19.8. The zero-order chi connectivity index (χ0) is 30.6. The van der Waals surface area contributed by atoms with Crippen LogP contribution in [0.3, 0.4) is 0 Å². The highest BCUT2D eigenvalue weighted by atomic mass is 16.7. The summed E-state index contributed by atoms with van der Waals surface area (Å²) in [6, 6.07) is 2.15. The van der Waals surface area contributed by atoms with Crippen molar-refractivity contribution in [1.29, 1.82) is 0 Å². The number of carboxylic acids is 1. The van der Waals surface area contributed by atoms with Gasteiger partial charge in [0.05, 0.1) is 6.61 Å². The molecule has 7 N–H and O–H groups in total. The van der Waals surface area contributed by atoms with Crippen LogP contribution in [0.25, 0.3) is 0 Å². The summed E-state index contributed by atoms with van der Waals surface area (Å²) in [6.45, 7) is 5.43. The molecular formula is C30H37NO11. The molecule has 1 saturated heterocycles. The third kappa shape index (κ3) is 5.01. The van der Waals surface area contributed by atoms with Crippen molar-refractivity contribution < 1.29 is 54.5 Å². The Morgan fingerprint density at radius 2 is 1.93 bits per heavy atom. The Hall–Kier alpha value is -3.29. The molecule has 1 amide bonds. The van der Waals surface area contributed by atoms with Crippen molar-refractivity contribution in [2.45, 2.75) is 76.2 Å². The summed E-state index contributed by atoms with van der Waals surface area (Å²) < 4.78 is 11.0. The SMILES string of the molecule is C=C1C[C@]23C=CC(=O)[C@](C)(CCC(=O)Nc4c(O[C@@H]5O[C@H](CO)[C@@H](O)[C@H](O)[C@H]5O)ccc(C(=O)O)c4O)[C@H]2C[C@H]1CC3. The Balaban J connectivity index is 1.36. The number of benzene rings is 1. The molecule has 12 nitrogen and oxygen atoms in total. The van der Waals surface area contributed by atoms with Gasteiger partial charge in [0.1, 0.15) is 41.4 Å². The molecule has 0 radical (unpaired) electrons. The second-order valence-corrected chi connectivity index (χ2v) is 12.2. The molecule has 1 aromatic rings. The van der Waals surface area contributed by atoms with Crippen molar-refractivity contribution in [1.82, 2.24) is 0 Å². The van der Waals surface area contributed by atoms with Gasteiger partial charge < -0.3 is 45.4 Å². The zero-order valence-electron chi connectivity index (χ0n) is 23.2. The lowest BCUT2D eigenvalue weighted by Crippen LogP contribution is -2.60. The monoisotopic (exact) mass is 587 g/mol. The number of aromatic hydroxyl groups is 1. The standard InChI is InChI=1S/C30H37NO11/c1-14-12-30-9-5-15(14)11-19(30)29(2,20(33)6-10-30)8-7-21(34)31-22-17(4-3-16(23(22)35)27(39)40)41-28-26(38)25(37)24(36)18(13-32)42-28/h3-4,6,10,15,18-19,24-26,28,32,35-38H,1,5,7-9,11-13H2,2H3,(H,31,34)(H,39,40)/t15-,18-,19-,24-,25+,26-,28-,29-,30+/m1/s1. The molecule has 0 unspecified atom stereocenters. The van der Waals surface area contributed by atoms with Gasteiger partial charge in [-0.2, -0.15) is 0 Å². The second-order valence-electron chi connectivity index (χ2n) is 12.2. The Kier molecular flexibility index (Phi) is 7.96. The van der Waals surface area contributed by atoms with Gasteiger partial charge in [0.25, 0.3) is 0 Å². The number of hydrogen-bond acceptors (Lipinski definition) is 10. The minimum absolute atomic E-state index is 0.0494. The number of aliphatic hydroxyl groups excluding tert-OH is 4. The third-order valence-corrected chi connectivity index (χ3v) is 9.80. The maximum atomic E-state index is 13.3. The summed E-state index contributed by atoms with van der Waals surface area (Å²) in [7, 11) is 0. The minimum atomic E-state index is -1.79. The number of amides is 1. The molecule has 6 rings (SSSR count). The van der Waals surface area contributed by atoms with Crippen LogP contribution in [0.1, 0.15) is 55.8 Å². The van der Waals surface area contributed by atoms with E-state index in [9.17, 15) is 45.0 Å². The van der Waals surface area contributed by atoms with Crippen LogP contribution in [0, 0.1) is 22.7 Å². The lowest BCUT2D eigenvalue weighted by molar-refractivity contribution is -0.277. The number of carbonyl (C=O) groups is 3. The second kappa shape index (κ2) is 11.1. The van der Waals surface area contributed by atoms with Gasteiger partial charge in [0.2, 0.25) is 12.2 Å². The number of fused-ring (bicyclic) bond motifs is 2. The molecule has 0 aromatic heterocycles. The van der Waals surface area contributed by atoms with E-state index in [1.54, 1.807) is 6.08 Å². The maximum absolute atomic E-state index is 13.3. The van der Waals surface area contributed by atoms with Crippen LogP contribution in [0.2, 0.25) is 0 Å². The number of nitrogens with one attached hydrogen (secondary N) is 1. The van der Waals surface area contributed by atoms with Crippen LogP contribution in [0.4, 0.5) is 5.69 Å². The van der Waals surface area contributed by atoms with Crippen molar-refractivity contribution in [3.8, 4) is 11.5 Å². The van der Waals surface area contributed by atoms with Crippen LogP contribution in [-0.2, 0) is 14.3 Å². The van der Waals surface area contributed by atoms with Gasteiger partial charge in [-0.25, -0.2) is 4.79 Å². The van der Waals surface area contributed by atoms with Gasteiger partial charge in [-0.1, -0.05) is 25.2 Å². The molecule has 4 aliphatic carbocycles. The number of ketones is 1. The van der Waals surface area contributed by atoms with E-state index >= 15 is 0 Å². The Labute approximate surface area is 242 Å². The fraction of sp³-hybridized carbons (Fsp3) is 0.567. The van der Waals surface area contributed by atoms with E-state index in [0.717, 1.165) is 37.8 Å². The van der Waals surface area contributed by atoms with E-state index < -0.39 is 71.6 Å². The number of ether oxygens (including phenoxy) is 2. The van der Waals surface area contributed by atoms with E-state index in [1.807, 2.05) is 13.0 Å². The Bertz CT molecular complexity index is 1320. The number of anilines is 1. The summed E-state index contributed by atoms with van der Waals surface area (Å²) >= 11 is 0. The normalized spacial score (nSPS) is 37.3. The number of aromatic carboxylic acids is 1. The molecule has 1 spiro atoms. The highest BCUT2D eigenvalue weighted by Crippen LogP contribution is 2.64. The van der Waals surface area contributed by atoms with Gasteiger partial charge >= 0.3 is 5.97 Å². The Morgan fingerprint density at radius 1 is 1.19 bits per heavy atom. The van der Waals surface area contributed by atoms with Gasteiger partial charge in [-0.05, 0) is 67.6 Å². The summed E-state index contributed by atoms with van der Waals surface area (Å²) in [6.07, 6.45) is -0.710. The lowest BCUT2D eigenvalue weighted by atomic mass is 9.44. The Morgan fingerprint density at radius 3 is 2.60 bits per heavy atom. The van der Waals surface area contributed by atoms with Gasteiger partial charge in [-0.15, -0.1) is 0 Å². The molecule has 4 fully saturated rings. The molecule has 42 heavy (non-hydrogen) atoms. The van der Waals surface area contributed by atoms with E-state index in [0.29, 0.717) is 5.92 Å². The molecule has 1 aliphatic heterocycles. The van der Waals surface area contributed by atoms with Crippen LogP contribution in [0.15, 0.2) is 36.4 Å². The first-order valence-electron chi connectivity index (χ1n) is 14.1. The highest BCUT2D eigenvalue weighted by Gasteiger charge is 2.58.